The number of rotatable bonds is 8. The van der Waals surface area contributed by atoms with Crippen LogP contribution in [0.15, 0.2) is 30.3 Å². The van der Waals surface area contributed by atoms with Crippen LogP contribution in [0.1, 0.15) is 37.6 Å². The summed E-state index contributed by atoms with van der Waals surface area (Å²) in [6.45, 7) is 3.97. The highest BCUT2D eigenvalue weighted by molar-refractivity contribution is 5.89. The lowest BCUT2D eigenvalue weighted by Gasteiger charge is -2.22. The molecular weight excluding hydrogens is 384 g/mol. The van der Waals surface area contributed by atoms with Gasteiger partial charge in [-0.1, -0.05) is 18.2 Å². The Morgan fingerprint density at radius 2 is 1.62 bits per heavy atom. The van der Waals surface area contributed by atoms with Gasteiger partial charge in [0.2, 0.25) is 6.29 Å². The van der Waals surface area contributed by atoms with Crippen molar-refractivity contribution in [2.45, 2.75) is 45.7 Å². The summed E-state index contributed by atoms with van der Waals surface area (Å²) < 4.78 is 26.3. The molecule has 0 N–H and O–H groups in total. The number of carbonyl (C=O) groups is 4. The van der Waals surface area contributed by atoms with Crippen LogP contribution >= 0.6 is 0 Å². The highest BCUT2D eigenvalue weighted by Gasteiger charge is 2.50. The quantitative estimate of drug-likeness (QED) is 0.467. The maximum Gasteiger partial charge on any atom is 0.338 e. The fourth-order valence-corrected chi connectivity index (χ4v) is 3.00. The molecule has 0 spiro atoms. The van der Waals surface area contributed by atoms with Gasteiger partial charge in [0.1, 0.15) is 12.7 Å². The van der Waals surface area contributed by atoms with E-state index in [0.29, 0.717) is 5.56 Å². The monoisotopic (exact) mass is 408 g/mol. The van der Waals surface area contributed by atoms with E-state index in [0.717, 1.165) is 0 Å². The zero-order valence-electron chi connectivity index (χ0n) is 16.5. The third-order valence-corrected chi connectivity index (χ3v) is 4.16. The molecule has 2 rings (SSSR count). The summed E-state index contributed by atoms with van der Waals surface area (Å²) in [4.78, 5) is 47.2. The Hall–Kier alpha value is -2.94. The Balaban J connectivity index is 2.16. The molecule has 9 heteroatoms. The van der Waals surface area contributed by atoms with Gasteiger partial charge in [0.15, 0.2) is 6.10 Å². The molecule has 1 fully saturated rings. The van der Waals surface area contributed by atoms with E-state index < -0.39 is 48.3 Å². The summed E-state index contributed by atoms with van der Waals surface area (Å²) in [6, 6.07) is 8.34. The van der Waals surface area contributed by atoms with Crippen LogP contribution in [0.4, 0.5) is 0 Å². The molecule has 1 aromatic carbocycles. The molecule has 0 aromatic heterocycles. The minimum Gasteiger partial charge on any atom is -0.466 e. The standard InChI is InChI=1S/C20H24O9/c1-4-25-17(23)10-15-16(11-26-19(24)14-8-6-5-7-9-14)29-20(28-13(3)22)18(15)27-12(2)21/h5-9,15-16,18,20H,4,10-11H2,1-3H3/t15-,16-,18-,20?/m1/s1. The number of hydrogen-bond donors (Lipinski definition) is 0. The SMILES string of the molecule is CCOC(=O)C[C@@H]1[C@@H](COC(=O)c2ccccc2)OC(OC(C)=O)[C@@H]1OC(C)=O. The van der Waals surface area contributed by atoms with E-state index in [9.17, 15) is 19.2 Å². The van der Waals surface area contributed by atoms with E-state index in [1.54, 1.807) is 37.3 Å². The zero-order chi connectivity index (χ0) is 21.4. The van der Waals surface area contributed by atoms with Gasteiger partial charge in [0.25, 0.3) is 0 Å². The number of benzene rings is 1. The van der Waals surface area contributed by atoms with Crippen molar-refractivity contribution in [2.75, 3.05) is 13.2 Å². The molecule has 29 heavy (non-hydrogen) atoms. The fraction of sp³-hybridized carbons (Fsp3) is 0.500. The van der Waals surface area contributed by atoms with Crippen molar-refractivity contribution in [2.24, 2.45) is 5.92 Å². The maximum absolute atomic E-state index is 12.2. The Bertz CT molecular complexity index is 731. The lowest BCUT2D eigenvalue weighted by molar-refractivity contribution is -0.195. The van der Waals surface area contributed by atoms with Crippen molar-refractivity contribution in [1.29, 1.82) is 0 Å². The smallest absolute Gasteiger partial charge is 0.338 e. The Morgan fingerprint density at radius 3 is 2.21 bits per heavy atom. The van der Waals surface area contributed by atoms with E-state index in [-0.39, 0.29) is 19.6 Å². The first-order valence-corrected chi connectivity index (χ1v) is 9.19. The van der Waals surface area contributed by atoms with Crippen LogP contribution in [-0.4, -0.2) is 55.6 Å². The van der Waals surface area contributed by atoms with E-state index >= 15 is 0 Å². The number of hydrogen-bond acceptors (Lipinski definition) is 9. The number of ether oxygens (including phenoxy) is 5. The topological polar surface area (TPSA) is 114 Å². The molecule has 0 aliphatic carbocycles. The van der Waals surface area contributed by atoms with Gasteiger partial charge in [-0.2, -0.15) is 0 Å². The van der Waals surface area contributed by atoms with Crippen molar-refractivity contribution in [3.63, 3.8) is 0 Å². The molecule has 0 saturated carbocycles. The molecule has 1 saturated heterocycles. The number of carbonyl (C=O) groups excluding carboxylic acids is 4. The highest BCUT2D eigenvalue weighted by Crippen LogP contribution is 2.34. The Labute approximate surface area is 168 Å². The largest absolute Gasteiger partial charge is 0.466 e. The van der Waals surface area contributed by atoms with Crippen molar-refractivity contribution >= 4 is 23.9 Å². The molecule has 1 unspecified atom stereocenters. The second-order valence-electron chi connectivity index (χ2n) is 6.36. The summed E-state index contributed by atoms with van der Waals surface area (Å²) in [7, 11) is 0. The molecule has 4 atom stereocenters. The second-order valence-corrected chi connectivity index (χ2v) is 6.36. The first-order chi connectivity index (χ1) is 13.8. The molecule has 0 amide bonds. The zero-order valence-corrected chi connectivity index (χ0v) is 16.5. The van der Waals surface area contributed by atoms with Crippen molar-refractivity contribution in [3.8, 4) is 0 Å². The van der Waals surface area contributed by atoms with Crippen LogP contribution in [0.5, 0.6) is 0 Å². The Kier molecular flexibility index (Phi) is 8.14. The molecule has 1 heterocycles. The molecule has 1 aliphatic heterocycles. The second kappa shape index (κ2) is 10.6. The van der Waals surface area contributed by atoms with Gasteiger partial charge in [-0.05, 0) is 19.1 Å². The first-order valence-electron chi connectivity index (χ1n) is 9.19. The van der Waals surface area contributed by atoms with E-state index in [1.165, 1.54) is 13.8 Å². The van der Waals surface area contributed by atoms with Gasteiger partial charge in [0, 0.05) is 19.8 Å². The molecule has 1 aromatic rings. The highest BCUT2D eigenvalue weighted by atomic mass is 16.7. The normalized spacial score (nSPS) is 23.1. The van der Waals surface area contributed by atoms with Crippen LogP contribution in [0.25, 0.3) is 0 Å². The maximum atomic E-state index is 12.2. The van der Waals surface area contributed by atoms with Crippen LogP contribution in [-0.2, 0) is 38.1 Å². The predicted octanol–water partition coefficient (Wildman–Crippen LogP) is 1.63. The molecule has 0 radical (unpaired) electrons. The van der Waals surface area contributed by atoms with Gasteiger partial charge in [0.05, 0.1) is 18.6 Å². The summed E-state index contributed by atoms with van der Waals surface area (Å²) >= 11 is 0. The van der Waals surface area contributed by atoms with E-state index in [1.807, 2.05) is 0 Å². The van der Waals surface area contributed by atoms with E-state index in [2.05, 4.69) is 0 Å². The average molecular weight is 408 g/mol. The molecule has 158 valence electrons. The summed E-state index contributed by atoms with van der Waals surface area (Å²) in [5.74, 6) is -3.13. The molecule has 0 bridgehead atoms. The van der Waals surface area contributed by atoms with Gasteiger partial charge in [-0.25, -0.2) is 4.79 Å². The van der Waals surface area contributed by atoms with Crippen molar-refractivity contribution in [1.82, 2.24) is 0 Å². The van der Waals surface area contributed by atoms with Crippen LogP contribution in [0.2, 0.25) is 0 Å². The summed E-state index contributed by atoms with van der Waals surface area (Å²) in [5.41, 5.74) is 0.348. The van der Waals surface area contributed by atoms with Gasteiger partial charge < -0.3 is 23.7 Å². The lowest BCUT2D eigenvalue weighted by Crippen LogP contribution is -2.37. The molecule has 1 aliphatic rings. The average Bonchev–Trinajstić information content (AvgIpc) is 2.96. The van der Waals surface area contributed by atoms with Gasteiger partial charge >= 0.3 is 23.9 Å². The third-order valence-electron chi connectivity index (χ3n) is 4.16. The van der Waals surface area contributed by atoms with Crippen LogP contribution in [0, 0.1) is 5.92 Å². The first kappa shape index (κ1) is 22.4. The minimum atomic E-state index is -1.23. The summed E-state index contributed by atoms with van der Waals surface area (Å²) in [5, 5.41) is 0. The lowest BCUT2D eigenvalue weighted by atomic mass is 9.94. The van der Waals surface area contributed by atoms with Crippen molar-refractivity contribution < 1.29 is 42.9 Å². The predicted molar refractivity (Wildman–Crippen MR) is 97.4 cm³/mol. The van der Waals surface area contributed by atoms with Gasteiger partial charge in [-0.3, -0.25) is 14.4 Å². The van der Waals surface area contributed by atoms with Gasteiger partial charge in [-0.15, -0.1) is 0 Å². The fourth-order valence-electron chi connectivity index (χ4n) is 3.00. The van der Waals surface area contributed by atoms with E-state index in [4.69, 9.17) is 23.7 Å². The van der Waals surface area contributed by atoms with Crippen LogP contribution in [0.3, 0.4) is 0 Å². The molecule has 9 nitrogen and oxygen atoms in total. The Morgan fingerprint density at radius 1 is 0.966 bits per heavy atom. The number of esters is 4. The summed E-state index contributed by atoms with van der Waals surface area (Å²) in [6.07, 6.45) is -3.28. The molecular formula is C20H24O9. The van der Waals surface area contributed by atoms with Crippen molar-refractivity contribution in [3.05, 3.63) is 35.9 Å². The third kappa shape index (κ3) is 6.56. The minimum absolute atomic E-state index is 0.170. The van der Waals surface area contributed by atoms with Crippen LogP contribution < -0.4 is 0 Å².